The number of rotatable bonds is 2. The molecule has 1 fully saturated rings. The zero-order valence-electron chi connectivity index (χ0n) is 14.8. The quantitative estimate of drug-likeness (QED) is 0.813. The van der Waals surface area contributed by atoms with Crippen LogP contribution in [0.4, 0.5) is 18.9 Å². The summed E-state index contributed by atoms with van der Waals surface area (Å²) in [7, 11) is 0. The fourth-order valence-electron chi connectivity index (χ4n) is 3.60. The topological polar surface area (TPSA) is 82.8 Å². The van der Waals surface area contributed by atoms with Gasteiger partial charge >= 0.3 is 12.1 Å². The van der Waals surface area contributed by atoms with Crippen LogP contribution in [0.15, 0.2) is 47.3 Å². The van der Waals surface area contributed by atoms with Crippen LogP contribution < -0.4 is 5.32 Å². The van der Waals surface area contributed by atoms with Crippen LogP contribution in [0.3, 0.4) is 0 Å². The van der Waals surface area contributed by atoms with E-state index in [0.717, 1.165) is 38.2 Å². The van der Waals surface area contributed by atoms with Gasteiger partial charge in [-0.05, 0) is 43.6 Å². The third-order valence-electron chi connectivity index (χ3n) is 5.06. The standard InChI is InChI=1S/C17H18N2O2.C2HF3O2/c20-16-17(14-3-1-2-4-15(14)18-16)6-8-19(9-7-17)11-13-5-10-21-12-13;3-2(4,5)1(6)7/h1-5,10,12H,6-9,11H2,(H,18,20);(H,6,7). The van der Waals surface area contributed by atoms with Crippen LogP contribution in [0.5, 0.6) is 0 Å². The number of hydrogen-bond acceptors (Lipinski definition) is 4. The van der Waals surface area contributed by atoms with Crippen LogP contribution in [0.25, 0.3) is 0 Å². The average molecular weight is 396 g/mol. The number of hydrogen-bond donors (Lipinski definition) is 2. The van der Waals surface area contributed by atoms with Crippen LogP contribution in [-0.2, 0) is 21.5 Å². The summed E-state index contributed by atoms with van der Waals surface area (Å²) in [4.78, 5) is 23.8. The van der Waals surface area contributed by atoms with Crippen molar-refractivity contribution in [3.8, 4) is 0 Å². The number of furan rings is 1. The summed E-state index contributed by atoms with van der Waals surface area (Å²) in [5, 5.41) is 10.2. The number of nitrogens with zero attached hydrogens (tertiary/aromatic N) is 1. The molecular weight excluding hydrogens is 377 g/mol. The number of piperidine rings is 1. The number of fused-ring (bicyclic) bond motifs is 2. The Bertz CT molecular complexity index is 841. The number of benzene rings is 1. The lowest BCUT2D eigenvalue weighted by Gasteiger charge is -2.37. The minimum Gasteiger partial charge on any atom is -0.475 e. The van der Waals surface area contributed by atoms with E-state index in [1.54, 1.807) is 12.5 Å². The molecule has 2 aliphatic rings. The summed E-state index contributed by atoms with van der Waals surface area (Å²) in [5.74, 6) is -2.58. The lowest BCUT2D eigenvalue weighted by molar-refractivity contribution is -0.192. The van der Waals surface area contributed by atoms with Gasteiger partial charge in [0.1, 0.15) is 0 Å². The van der Waals surface area contributed by atoms with Gasteiger partial charge in [-0.15, -0.1) is 0 Å². The molecule has 1 spiro atoms. The van der Waals surface area contributed by atoms with Crippen molar-refractivity contribution < 1.29 is 32.3 Å². The summed E-state index contributed by atoms with van der Waals surface area (Å²) in [6, 6.07) is 10.1. The molecule has 28 heavy (non-hydrogen) atoms. The molecule has 0 saturated carbocycles. The average Bonchev–Trinajstić information content (AvgIpc) is 3.24. The normalized spacial score (nSPS) is 18.2. The molecule has 1 aromatic carbocycles. The van der Waals surface area contributed by atoms with Crippen molar-refractivity contribution in [1.29, 1.82) is 0 Å². The first kappa shape index (κ1) is 19.9. The van der Waals surface area contributed by atoms with Gasteiger partial charge in [0.2, 0.25) is 5.91 Å². The molecule has 1 amide bonds. The van der Waals surface area contributed by atoms with Gasteiger partial charge in [0.25, 0.3) is 0 Å². The first-order valence-electron chi connectivity index (χ1n) is 8.67. The van der Waals surface area contributed by atoms with Crippen LogP contribution in [0.1, 0.15) is 24.0 Å². The third-order valence-corrected chi connectivity index (χ3v) is 5.06. The molecule has 3 heterocycles. The van der Waals surface area contributed by atoms with Crippen molar-refractivity contribution in [3.05, 3.63) is 54.0 Å². The number of anilines is 1. The van der Waals surface area contributed by atoms with E-state index < -0.39 is 12.1 Å². The van der Waals surface area contributed by atoms with E-state index in [2.05, 4.69) is 16.3 Å². The molecule has 0 radical (unpaired) electrons. The molecule has 1 aromatic heterocycles. The highest BCUT2D eigenvalue weighted by atomic mass is 19.4. The van der Waals surface area contributed by atoms with E-state index >= 15 is 0 Å². The number of carbonyl (C=O) groups is 2. The van der Waals surface area contributed by atoms with Crippen molar-refractivity contribution in [2.45, 2.75) is 31.0 Å². The molecule has 0 bridgehead atoms. The predicted octanol–water partition coefficient (Wildman–Crippen LogP) is 3.40. The number of para-hydroxylation sites is 1. The molecule has 150 valence electrons. The highest BCUT2D eigenvalue weighted by Gasteiger charge is 2.48. The molecule has 0 atom stereocenters. The minimum absolute atomic E-state index is 0.173. The van der Waals surface area contributed by atoms with E-state index in [0.29, 0.717) is 0 Å². The van der Waals surface area contributed by atoms with Crippen LogP contribution in [-0.4, -0.2) is 41.1 Å². The Balaban J connectivity index is 0.000000279. The maximum atomic E-state index is 12.5. The fraction of sp³-hybridized carbons (Fsp3) is 0.368. The van der Waals surface area contributed by atoms with Crippen molar-refractivity contribution in [2.24, 2.45) is 0 Å². The summed E-state index contributed by atoms with van der Waals surface area (Å²) < 4.78 is 36.9. The number of halogens is 3. The lowest BCUT2D eigenvalue weighted by Crippen LogP contribution is -2.46. The van der Waals surface area contributed by atoms with E-state index in [4.69, 9.17) is 14.3 Å². The van der Waals surface area contributed by atoms with Gasteiger partial charge in [0, 0.05) is 17.8 Å². The van der Waals surface area contributed by atoms with E-state index in [1.165, 1.54) is 11.1 Å². The van der Waals surface area contributed by atoms with Crippen molar-refractivity contribution >= 4 is 17.6 Å². The first-order chi connectivity index (χ1) is 13.2. The molecule has 6 nitrogen and oxygen atoms in total. The number of carboxylic acid groups (broad SMARTS) is 1. The van der Waals surface area contributed by atoms with Crippen LogP contribution in [0, 0.1) is 0 Å². The zero-order chi connectivity index (χ0) is 20.4. The largest absolute Gasteiger partial charge is 0.490 e. The molecule has 9 heteroatoms. The van der Waals surface area contributed by atoms with Crippen molar-refractivity contribution in [2.75, 3.05) is 18.4 Å². The SMILES string of the molecule is O=C(O)C(F)(F)F.O=C1Nc2ccccc2C12CCN(Cc1ccoc1)CC2. The molecule has 0 aliphatic carbocycles. The molecule has 1 saturated heterocycles. The maximum Gasteiger partial charge on any atom is 0.490 e. The third kappa shape index (κ3) is 4.04. The molecule has 2 aromatic rings. The summed E-state index contributed by atoms with van der Waals surface area (Å²) in [6.07, 6.45) is 0.185. The number of nitrogens with one attached hydrogen (secondary N) is 1. The molecular formula is C19H19F3N2O4. The summed E-state index contributed by atoms with van der Waals surface area (Å²) in [5.41, 5.74) is 3.05. The molecule has 4 rings (SSSR count). The number of alkyl halides is 3. The Kier molecular flexibility index (Phi) is 5.46. The highest BCUT2D eigenvalue weighted by Crippen LogP contribution is 2.44. The Labute approximate surface area is 158 Å². The van der Waals surface area contributed by atoms with Crippen LogP contribution >= 0.6 is 0 Å². The second-order valence-corrected chi connectivity index (χ2v) is 6.79. The van der Waals surface area contributed by atoms with Gasteiger partial charge < -0.3 is 14.8 Å². The molecule has 0 unspecified atom stereocenters. The van der Waals surface area contributed by atoms with E-state index in [1.807, 2.05) is 24.3 Å². The maximum absolute atomic E-state index is 12.5. The predicted molar refractivity (Wildman–Crippen MR) is 93.7 cm³/mol. The Morgan fingerprint density at radius 3 is 2.43 bits per heavy atom. The van der Waals surface area contributed by atoms with Gasteiger partial charge in [-0.2, -0.15) is 13.2 Å². The van der Waals surface area contributed by atoms with Gasteiger partial charge in [0.05, 0.1) is 17.9 Å². The molecule has 2 N–H and O–H groups in total. The van der Waals surface area contributed by atoms with Crippen molar-refractivity contribution in [3.63, 3.8) is 0 Å². The van der Waals surface area contributed by atoms with Gasteiger partial charge in [-0.25, -0.2) is 4.79 Å². The second kappa shape index (κ2) is 7.67. The Morgan fingerprint density at radius 1 is 1.21 bits per heavy atom. The fourth-order valence-corrected chi connectivity index (χ4v) is 3.60. The Morgan fingerprint density at radius 2 is 1.86 bits per heavy atom. The van der Waals surface area contributed by atoms with Gasteiger partial charge in [-0.3, -0.25) is 9.69 Å². The van der Waals surface area contributed by atoms with Crippen LogP contribution in [0.2, 0.25) is 0 Å². The number of aliphatic carboxylic acids is 1. The second-order valence-electron chi connectivity index (χ2n) is 6.79. The van der Waals surface area contributed by atoms with Gasteiger partial charge in [-0.1, -0.05) is 18.2 Å². The monoisotopic (exact) mass is 396 g/mol. The number of carbonyl (C=O) groups excluding carboxylic acids is 1. The number of likely N-dealkylation sites (tertiary alicyclic amines) is 1. The van der Waals surface area contributed by atoms with Crippen molar-refractivity contribution in [1.82, 2.24) is 4.90 Å². The zero-order valence-corrected chi connectivity index (χ0v) is 14.8. The van der Waals surface area contributed by atoms with Gasteiger partial charge in [0.15, 0.2) is 0 Å². The lowest BCUT2D eigenvalue weighted by atomic mass is 9.73. The summed E-state index contributed by atoms with van der Waals surface area (Å²) >= 11 is 0. The Hall–Kier alpha value is -2.81. The first-order valence-corrected chi connectivity index (χ1v) is 8.67. The summed E-state index contributed by atoms with van der Waals surface area (Å²) in [6.45, 7) is 2.77. The number of amides is 1. The number of carboxylic acids is 1. The van der Waals surface area contributed by atoms with E-state index in [-0.39, 0.29) is 11.3 Å². The molecule has 2 aliphatic heterocycles. The minimum atomic E-state index is -5.08. The van der Waals surface area contributed by atoms with E-state index in [9.17, 15) is 18.0 Å². The highest BCUT2D eigenvalue weighted by molar-refractivity contribution is 6.06. The smallest absolute Gasteiger partial charge is 0.475 e.